The van der Waals surface area contributed by atoms with Crippen molar-refractivity contribution in [1.82, 2.24) is 47.2 Å². The van der Waals surface area contributed by atoms with Gasteiger partial charge in [-0.25, -0.2) is 9.78 Å². The van der Waals surface area contributed by atoms with E-state index in [1.165, 1.54) is 61.0 Å². The van der Waals surface area contributed by atoms with Gasteiger partial charge in [0.1, 0.15) is 42.3 Å². The molecule has 11 N–H and O–H groups in total. The van der Waals surface area contributed by atoms with E-state index in [0.717, 1.165) is 0 Å². The second kappa shape index (κ2) is 18.0. The lowest BCUT2D eigenvalue weighted by atomic mass is 10.1. The second-order valence-electron chi connectivity index (χ2n) is 10.9. The number of aromatic nitrogens is 2. The molecule has 0 radical (unpaired) electrons. The van der Waals surface area contributed by atoms with Crippen molar-refractivity contribution >= 4 is 47.3 Å². The number of carbonyl (C=O) groups excluding carboxylic acids is 7. The van der Waals surface area contributed by atoms with Crippen molar-refractivity contribution in [1.29, 1.82) is 0 Å². The number of rotatable bonds is 17. The van der Waals surface area contributed by atoms with E-state index in [2.05, 4.69) is 47.2 Å². The van der Waals surface area contributed by atoms with Gasteiger partial charge in [-0.05, 0) is 48.5 Å². The quantitative estimate of drug-likeness (QED) is 0.0771. The van der Waals surface area contributed by atoms with Crippen LogP contribution in [-0.2, 0) is 44.8 Å². The van der Waals surface area contributed by atoms with Gasteiger partial charge in [-0.2, -0.15) is 0 Å². The molecular formula is C27H44N10O9. The number of imidazole rings is 1. The van der Waals surface area contributed by atoms with E-state index in [9.17, 15) is 43.5 Å². The van der Waals surface area contributed by atoms with Gasteiger partial charge in [0.2, 0.25) is 41.4 Å². The SMILES string of the molecule is C[C@H](N)C(=O)N[C@@H](C)C(=O)N[C@@H](C)C(=O)N[C@@H](C)C(=O)N[C@@H](C)C(=O)N[C@@H](C)C(=O)N[C@@H](C)C(=O)N[C@@H](Cc1cnc[nH]1)C(=O)O. The Bertz CT molecular complexity index is 1270. The molecule has 1 heterocycles. The van der Waals surface area contributed by atoms with Gasteiger partial charge < -0.3 is 53.0 Å². The number of carboxylic acid groups (broad SMARTS) is 1. The highest BCUT2D eigenvalue weighted by atomic mass is 16.4. The fourth-order valence-electron chi connectivity index (χ4n) is 3.54. The van der Waals surface area contributed by atoms with Crippen molar-refractivity contribution in [3.63, 3.8) is 0 Å². The zero-order valence-electron chi connectivity index (χ0n) is 26.7. The first kappa shape index (κ1) is 39.0. The maximum absolute atomic E-state index is 12.6. The van der Waals surface area contributed by atoms with E-state index in [4.69, 9.17) is 5.73 Å². The number of aliphatic carboxylic acids is 1. The summed E-state index contributed by atoms with van der Waals surface area (Å²) in [5.74, 6) is -6.21. The predicted octanol–water partition coefficient (Wildman–Crippen LogP) is -4.10. The first-order valence-corrected chi connectivity index (χ1v) is 14.4. The molecule has 0 aromatic carbocycles. The molecule has 1 rings (SSSR count). The molecule has 46 heavy (non-hydrogen) atoms. The first-order valence-electron chi connectivity index (χ1n) is 14.4. The standard InChI is InChI=1S/C27H44N10O9/c1-11(28)20(38)31-12(2)21(39)32-13(3)22(40)33-14(4)23(41)34-15(5)24(42)35-16(6)25(43)36-17(7)26(44)37-19(27(45)46)8-18-9-29-10-30-18/h9-17,19H,8,28H2,1-7H3,(H,29,30)(H,31,38)(H,32,39)(H,33,40)(H,34,41)(H,35,42)(H,36,43)(H,37,44)(H,45,46)/t11-,12-,13-,14-,15-,16-,17-,19-/m0/s1. The number of aromatic amines is 1. The number of nitrogens with one attached hydrogen (secondary N) is 8. The van der Waals surface area contributed by atoms with Crippen LogP contribution in [0.2, 0.25) is 0 Å². The molecule has 8 atom stereocenters. The molecule has 0 fully saturated rings. The summed E-state index contributed by atoms with van der Waals surface area (Å²) in [6, 6.07) is -8.74. The molecule has 19 nitrogen and oxygen atoms in total. The lowest BCUT2D eigenvalue weighted by Gasteiger charge is -2.23. The fraction of sp³-hybridized carbons (Fsp3) is 0.593. The van der Waals surface area contributed by atoms with Crippen LogP contribution in [0.3, 0.4) is 0 Å². The smallest absolute Gasteiger partial charge is 0.326 e. The number of nitrogens with two attached hydrogens (primary N) is 1. The number of nitrogens with zero attached hydrogens (tertiary/aromatic N) is 1. The van der Waals surface area contributed by atoms with E-state index >= 15 is 0 Å². The lowest BCUT2D eigenvalue weighted by Crippen LogP contribution is -2.58. The highest BCUT2D eigenvalue weighted by Crippen LogP contribution is 2.00. The predicted molar refractivity (Wildman–Crippen MR) is 161 cm³/mol. The minimum Gasteiger partial charge on any atom is -0.480 e. The molecule has 0 aliphatic carbocycles. The van der Waals surface area contributed by atoms with Crippen LogP contribution >= 0.6 is 0 Å². The van der Waals surface area contributed by atoms with E-state index < -0.39 is 95.7 Å². The Kier molecular flexibility index (Phi) is 15.3. The van der Waals surface area contributed by atoms with Crippen molar-refractivity contribution < 1.29 is 43.5 Å². The molecule has 1 aromatic heterocycles. The van der Waals surface area contributed by atoms with Gasteiger partial charge in [-0.1, -0.05) is 0 Å². The Balaban J connectivity index is 2.55. The monoisotopic (exact) mass is 652 g/mol. The van der Waals surface area contributed by atoms with E-state index in [1.54, 1.807) is 0 Å². The van der Waals surface area contributed by atoms with Crippen LogP contribution in [0.15, 0.2) is 12.5 Å². The highest BCUT2D eigenvalue weighted by molar-refractivity contribution is 5.97. The average Bonchev–Trinajstić information content (AvgIpc) is 3.49. The largest absolute Gasteiger partial charge is 0.480 e. The van der Waals surface area contributed by atoms with Crippen LogP contribution in [-0.4, -0.2) is 111 Å². The summed E-state index contributed by atoms with van der Waals surface area (Å²) in [5.41, 5.74) is 5.93. The van der Waals surface area contributed by atoms with Crippen LogP contribution in [0.25, 0.3) is 0 Å². The Morgan fingerprint density at radius 1 is 0.609 bits per heavy atom. The third-order valence-corrected chi connectivity index (χ3v) is 6.52. The molecule has 0 aliphatic rings. The average molecular weight is 653 g/mol. The van der Waals surface area contributed by atoms with Gasteiger partial charge in [0.05, 0.1) is 12.4 Å². The molecule has 0 spiro atoms. The molecule has 1 aromatic rings. The molecule has 256 valence electrons. The van der Waals surface area contributed by atoms with Crippen LogP contribution in [0.5, 0.6) is 0 Å². The Hall–Kier alpha value is -5.07. The van der Waals surface area contributed by atoms with E-state index in [1.807, 2.05) is 0 Å². The summed E-state index contributed by atoms with van der Waals surface area (Å²) in [5, 5.41) is 26.1. The first-order chi connectivity index (χ1) is 21.3. The maximum atomic E-state index is 12.6. The van der Waals surface area contributed by atoms with Gasteiger partial charge in [0, 0.05) is 18.3 Å². The van der Waals surface area contributed by atoms with Gasteiger partial charge in [-0.3, -0.25) is 33.6 Å². The van der Waals surface area contributed by atoms with Crippen LogP contribution < -0.4 is 43.0 Å². The summed E-state index contributed by atoms with van der Waals surface area (Å²) in [4.78, 5) is 105. The topological polar surface area (TPSA) is 296 Å². The molecule has 19 heteroatoms. The normalized spacial score (nSPS) is 16.0. The lowest BCUT2D eigenvalue weighted by molar-refractivity contribution is -0.142. The molecule has 7 amide bonds. The Morgan fingerprint density at radius 2 is 0.913 bits per heavy atom. The minimum absolute atomic E-state index is 0.0646. The zero-order chi connectivity index (χ0) is 35.3. The summed E-state index contributed by atoms with van der Waals surface area (Å²) < 4.78 is 0. The molecule has 0 unspecified atom stereocenters. The fourth-order valence-corrected chi connectivity index (χ4v) is 3.54. The van der Waals surface area contributed by atoms with Crippen LogP contribution in [0, 0.1) is 0 Å². The molecule has 0 bridgehead atoms. The number of hydrogen-bond acceptors (Lipinski definition) is 10. The van der Waals surface area contributed by atoms with Gasteiger partial charge in [0.15, 0.2) is 0 Å². The zero-order valence-corrected chi connectivity index (χ0v) is 26.7. The third-order valence-electron chi connectivity index (χ3n) is 6.52. The summed E-state index contributed by atoms with van der Waals surface area (Å²) in [6.07, 6.45) is 2.71. The van der Waals surface area contributed by atoms with E-state index in [0.29, 0.717) is 5.69 Å². The maximum Gasteiger partial charge on any atom is 0.326 e. The Morgan fingerprint density at radius 3 is 1.17 bits per heavy atom. The number of H-pyrrole nitrogens is 1. The molecule has 0 aliphatic heterocycles. The van der Waals surface area contributed by atoms with Crippen LogP contribution in [0.4, 0.5) is 0 Å². The van der Waals surface area contributed by atoms with Crippen molar-refractivity contribution in [2.75, 3.05) is 0 Å². The third kappa shape index (κ3) is 12.9. The molecule has 0 saturated heterocycles. The summed E-state index contributed by atoms with van der Waals surface area (Å²) in [7, 11) is 0. The number of carboxylic acids is 1. The minimum atomic E-state index is -1.29. The molecular weight excluding hydrogens is 608 g/mol. The second-order valence-corrected chi connectivity index (χ2v) is 10.9. The van der Waals surface area contributed by atoms with Crippen molar-refractivity contribution in [2.24, 2.45) is 5.73 Å². The Labute approximate surface area is 265 Å². The van der Waals surface area contributed by atoms with E-state index in [-0.39, 0.29) is 6.42 Å². The van der Waals surface area contributed by atoms with Crippen LogP contribution in [0.1, 0.15) is 54.2 Å². The number of amides is 7. The van der Waals surface area contributed by atoms with Crippen molar-refractivity contribution in [3.05, 3.63) is 18.2 Å². The summed E-state index contributed by atoms with van der Waals surface area (Å²) >= 11 is 0. The van der Waals surface area contributed by atoms with Gasteiger partial charge in [0.25, 0.3) is 0 Å². The van der Waals surface area contributed by atoms with Crippen molar-refractivity contribution in [2.45, 2.75) is 103 Å². The highest BCUT2D eigenvalue weighted by Gasteiger charge is 2.29. The number of hydrogen-bond donors (Lipinski definition) is 10. The van der Waals surface area contributed by atoms with Crippen molar-refractivity contribution in [3.8, 4) is 0 Å². The van der Waals surface area contributed by atoms with Gasteiger partial charge >= 0.3 is 5.97 Å². The summed E-state index contributed by atoms with van der Waals surface area (Å²) in [6.45, 7) is 9.60. The number of carbonyl (C=O) groups is 8. The molecule has 0 saturated carbocycles. The van der Waals surface area contributed by atoms with Gasteiger partial charge in [-0.15, -0.1) is 0 Å².